The maximum absolute atomic E-state index is 13.9. The summed E-state index contributed by atoms with van der Waals surface area (Å²) < 4.78 is 24.0. The molecule has 0 spiro atoms. The van der Waals surface area contributed by atoms with Gasteiger partial charge in [-0.15, -0.1) is 0 Å². The Morgan fingerprint density at radius 3 is 2.58 bits per heavy atom. The van der Waals surface area contributed by atoms with E-state index < -0.39 is 17.9 Å². The number of carbonyl (C=O) groups is 2. The first-order chi connectivity index (χ1) is 8.90. The molecule has 0 unspecified atom stereocenters. The zero-order valence-electron chi connectivity index (χ0n) is 10.8. The van der Waals surface area contributed by atoms with Gasteiger partial charge in [0, 0.05) is 10.9 Å². The van der Waals surface area contributed by atoms with E-state index in [2.05, 4.69) is 20.7 Å². The molecular formula is C13H14BrFO4. The zero-order chi connectivity index (χ0) is 14.6. The van der Waals surface area contributed by atoms with E-state index in [4.69, 9.17) is 4.74 Å². The number of halogens is 2. The summed E-state index contributed by atoms with van der Waals surface area (Å²) in [5, 5.41) is 0. The van der Waals surface area contributed by atoms with Crippen LogP contribution >= 0.6 is 15.9 Å². The van der Waals surface area contributed by atoms with Crippen LogP contribution in [-0.2, 0) is 9.53 Å². The van der Waals surface area contributed by atoms with Crippen LogP contribution in [0.3, 0.4) is 0 Å². The van der Waals surface area contributed by atoms with Crippen molar-refractivity contribution in [3.05, 3.63) is 28.0 Å². The molecular weight excluding hydrogens is 319 g/mol. The highest BCUT2D eigenvalue weighted by atomic mass is 79.9. The smallest absolute Gasteiger partial charge is 0.346 e. The molecule has 0 saturated heterocycles. The van der Waals surface area contributed by atoms with E-state index >= 15 is 0 Å². The molecule has 0 radical (unpaired) electrons. The van der Waals surface area contributed by atoms with Gasteiger partial charge in [0.15, 0.2) is 23.5 Å². The van der Waals surface area contributed by atoms with E-state index in [1.165, 1.54) is 26.2 Å². The third kappa shape index (κ3) is 3.76. The molecule has 19 heavy (non-hydrogen) atoms. The van der Waals surface area contributed by atoms with E-state index in [-0.39, 0.29) is 23.5 Å². The second kappa shape index (κ2) is 6.65. The highest BCUT2D eigenvalue weighted by molar-refractivity contribution is 9.10. The quantitative estimate of drug-likeness (QED) is 0.614. The SMILES string of the molecule is CCC(=O)c1cc(Br)cc(F)c1O[C@@H](C)C(=O)OC. The number of ether oxygens (including phenoxy) is 2. The fourth-order valence-electron chi connectivity index (χ4n) is 1.47. The number of ketones is 1. The molecule has 0 aromatic heterocycles. The number of hydrogen-bond donors (Lipinski definition) is 0. The van der Waals surface area contributed by atoms with Crippen LogP contribution in [0, 0.1) is 5.82 Å². The van der Waals surface area contributed by atoms with Crippen LogP contribution in [0.15, 0.2) is 16.6 Å². The topological polar surface area (TPSA) is 52.6 Å². The summed E-state index contributed by atoms with van der Waals surface area (Å²) in [6.45, 7) is 3.09. The molecule has 0 aliphatic carbocycles. The molecule has 0 aliphatic heterocycles. The van der Waals surface area contributed by atoms with E-state index in [0.717, 1.165) is 0 Å². The minimum absolute atomic E-state index is 0.102. The van der Waals surface area contributed by atoms with Gasteiger partial charge in [0.2, 0.25) is 0 Å². The first kappa shape index (κ1) is 15.6. The fraction of sp³-hybridized carbons (Fsp3) is 0.385. The predicted molar refractivity (Wildman–Crippen MR) is 70.8 cm³/mol. The standard InChI is InChI=1S/C13H14BrFO4/c1-4-11(16)9-5-8(14)6-10(15)12(9)19-7(2)13(17)18-3/h5-7H,4H2,1-3H3/t7-/m0/s1. The summed E-state index contributed by atoms with van der Waals surface area (Å²) in [7, 11) is 1.21. The Hall–Kier alpha value is -1.43. The van der Waals surface area contributed by atoms with Gasteiger partial charge in [-0.2, -0.15) is 0 Å². The lowest BCUT2D eigenvalue weighted by Crippen LogP contribution is -2.26. The Morgan fingerprint density at radius 1 is 1.42 bits per heavy atom. The number of esters is 1. The average Bonchev–Trinajstić information content (AvgIpc) is 2.39. The third-order valence-electron chi connectivity index (χ3n) is 2.46. The minimum atomic E-state index is -0.996. The summed E-state index contributed by atoms with van der Waals surface area (Å²) in [6.07, 6.45) is -0.789. The van der Waals surface area contributed by atoms with E-state index in [0.29, 0.717) is 4.47 Å². The van der Waals surface area contributed by atoms with Gasteiger partial charge in [-0.3, -0.25) is 4.79 Å². The summed E-state index contributed by atoms with van der Waals surface area (Å²) in [5.74, 6) is -1.85. The Labute approximate surface area is 119 Å². The average molecular weight is 333 g/mol. The number of methoxy groups -OCH3 is 1. The molecule has 0 N–H and O–H groups in total. The second-order valence-corrected chi connectivity index (χ2v) is 4.74. The molecule has 1 aromatic carbocycles. The molecule has 4 nitrogen and oxygen atoms in total. The van der Waals surface area contributed by atoms with Crippen LogP contribution in [0.4, 0.5) is 4.39 Å². The molecule has 0 bridgehead atoms. The fourth-order valence-corrected chi connectivity index (χ4v) is 1.90. The van der Waals surface area contributed by atoms with Crippen LogP contribution in [0.5, 0.6) is 5.75 Å². The number of benzene rings is 1. The monoisotopic (exact) mass is 332 g/mol. The summed E-state index contributed by atoms with van der Waals surface area (Å²) in [6, 6.07) is 2.64. The highest BCUT2D eigenvalue weighted by Gasteiger charge is 2.22. The summed E-state index contributed by atoms with van der Waals surface area (Å²) >= 11 is 3.11. The first-order valence-electron chi connectivity index (χ1n) is 5.67. The Kier molecular flexibility index (Phi) is 5.47. The van der Waals surface area contributed by atoms with Gasteiger partial charge in [-0.25, -0.2) is 9.18 Å². The molecule has 0 amide bonds. The lowest BCUT2D eigenvalue weighted by molar-refractivity contribution is -0.148. The van der Waals surface area contributed by atoms with Crippen LogP contribution < -0.4 is 4.74 Å². The Morgan fingerprint density at radius 2 is 2.05 bits per heavy atom. The molecule has 0 heterocycles. The molecule has 1 aromatic rings. The van der Waals surface area contributed by atoms with E-state index in [1.54, 1.807) is 6.92 Å². The summed E-state index contributed by atoms with van der Waals surface area (Å²) in [4.78, 5) is 23.1. The number of hydrogen-bond acceptors (Lipinski definition) is 4. The summed E-state index contributed by atoms with van der Waals surface area (Å²) in [5.41, 5.74) is 0.102. The molecule has 104 valence electrons. The maximum atomic E-state index is 13.9. The van der Waals surface area contributed by atoms with Crippen LogP contribution in [0.1, 0.15) is 30.6 Å². The highest BCUT2D eigenvalue weighted by Crippen LogP contribution is 2.29. The van der Waals surface area contributed by atoms with Crippen molar-refractivity contribution >= 4 is 27.7 Å². The van der Waals surface area contributed by atoms with Gasteiger partial charge in [-0.1, -0.05) is 22.9 Å². The van der Waals surface area contributed by atoms with E-state index in [9.17, 15) is 14.0 Å². The van der Waals surface area contributed by atoms with Crippen molar-refractivity contribution in [3.63, 3.8) is 0 Å². The maximum Gasteiger partial charge on any atom is 0.346 e. The molecule has 1 atom stereocenters. The van der Waals surface area contributed by atoms with Crippen molar-refractivity contribution in [1.82, 2.24) is 0 Å². The van der Waals surface area contributed by atoms with Crippen molar-refractivity contribution in [2.75, 3.05) is 7.11 Å². The number of Topliss-reactive ketones (excluding diaryl/α,β-unsaturated/α-hetero) is 1. The molecule has 0 aliphatic rings. The largest absolute Gasteiger partial charge is 0.475 e. The van der Waals surface area contributed by atoms with Gasteiger partial charge in [0.25, 0.3) is 0 Å². The van der Waals surface area contributed by atoms with Crippen molar-refractivity contribution in [2.45, 2.75) is 26.4 Å². The van der Waals surface area contributed by atoms with Crippen LogP contribution in [0.2, 0.25) is 0 Å². The molecule has 6 heteroatoms. The van der Waals surface area contributed by atoms with Crippen molar-refractivity contribution in [1.29, 1.82) is 0 Å². The van der Waals surface area contributed by atoms with Gasteiger partial charge < -0.3 is 9.47 Å². The minimum Gasteiger partial charge on any atom is -0.475 e. The first-order valence-corrected chi connectivity index (χ1v) is 6.46. The van der Waals surface area contributed by atoms with Crippen molar-refractivity contribution in [2.24, 2.45) is 0 Å². The Bertz CT molecular complexity index is 502. The predicted octanol–water partition coefficient (Wildman–Crippen LogP) is 3.12. The van der Waals surface area contributed by atoms with Crippen LogP contribution in [-0.4, -0.2) is 25.0 Å². The normalized spacial score (nSPS) is 11.8. The van der Waals surface area contributed by atoms with Gasteiger partial charge in [0.1, 0.15) is 0 Å². The van der Waals surface area contributed by atoms with Crippen molar-refractivity contribution < 1.29 is 23.5 Å². The third-order valence-corrected chi connectivity index (χ3v) is 2.92. The lowest BCUT2D eigenvalue weighted by Gasteiger charge is -2.16. The van der Waals surface area contributed by atoms with Gasteiger partial charge in [0.05, 0.1) is 12.7 Å². The number of carbonyl (C=O) groups excluding carboxylic acids is 2. The molecule has 0 saturated carbocycles. The lowest BCUT2D eigenvalue weighted by atomic mass is 10.1. The Balaban J connectivity index is 3.18. The van der Waals surface area contributed by atoms with Crippen molar-refractivity contribution in [3.8, 4) is 5.75 Å². The van der Waals surface area contributed by atoms with Gasteiger partial charge >= 0.3 is 5.97 Å². The molecule has 1 rings (SSSR count). The van der Waals surface area contributed by atoms with Gasteiger partial charge in [-0.05, 0) is 19.1 Å². The second-order valence-electron chi connectivity index (χ2n) is 3.82. The van der Waals surface area contributed by atoms with E-state index in [1.807, 2.05) is 0 Å². The van der Waals surface area contributed by atoms with Crippen LogP contribution in [0.25, 0.3) is 0 Å². The number of rotatable bonds is 5. The zero-order valence-corrected chi connectivity index (χ0v) is 12.4. The molecule has 0 fully saturated rings.